The highest BCUT2D eigenvalue weighted by atomic mass is 16.2. The number of carbonyl (C=O) groups is 1. The predicted molar refractivity (Wildman–Crippen MR) is 111 cm³/mol. The molecule has 0 radical (unpaired) electrons. The number of aromatic nitrogens is 2. The summed E-state index contributed by atoms with van der Waals surface area (Å²) in [7, 11) is 0. The molecule has 0 unspecified atom stereocenters. The summed E-state index contributed by atoms with van der Waals surface area (Å²) < 4.78 is 1.96. The molecule has 3 heterocycles. The van der Waals surface area contributed by atoms with Crippen molar-refractivity contribution < 1.29 is 4.79 Å². The molecule has 0 aliphatic carbocycles. The molecule has 0 saturated carbocycles. The number of amides is 1. The lowest BCUT2D eigenvalue weighted by atomic mass is 9.91. The zero-order valence-corrected chi connectivity index (χ0v) is 17.0. The number of nitrogens with zero attached hydrogens (tertiary/aromatic N) is 4. The van der Waals surface area contributed by atoms with E-state index in [0.29, 0.717) is 11.8 Å². The molecule has 1 aromatic heterocycles. The summed E-state index contributed by atoms with van der Waals surface area (Å²) >= 11 is 0. The minimum atomic E-state index is 0.378. The molecule has 2 aromatic rings. The number of piperidine rings is 1. The number of hydrogen-bond acceptors (Lipinski definition) is 3. The Morgan fingerprint density at radius 2 is 1.93 bits per heavy atom. The van der Waals surface area contributed by atoms with E-state index in [1.54, 1.807) is 0 Å². The van der Waals surface area contributed by atoms with Crippen LogP contribution in [0.15, 0.2) is 36.7 Å². The third-order valence-corrected chi connectivity index (χ3v) is 6.31. The summed E-state index contributed by atoms with van der Waals surface area (Å²) in [5.41, 5.74) is 3.81. The van der Waals surface area contributed by atoms with Crippen LogP contribution in [-0.4, -0.2) is 51.7 Å². The van der Waals surface area contributed by atoms with Crippen LogP contribution in [0.25, 0.3) is 5.69 Å². The molecule has 5 heteroatoms. The molecule has 4 rings (SSSR count). The van der Waals surface area contributed by atoms with E-state index in [1.807, 2.05) is 23.1 Å². The maximum Gasteiger partial charge on any atom is 0.222 e. The number of hydrogen-bond donors (Lipinski definition) is 0. The number of benzene rings is 1. The fourth-order valence-corrected chi connectivity index (χ4v) is 4.60. The summed E-state index contributed by atoms with van der Waals surface area (Å²) in [6.45, 7) is 7.32. The second-order valence-electron chi connectivity index (χ2n) is 8.43. The van der Waals surface area contributed by atoms with Crippen LogP contribution >= 0.6 is 0 Å². The average molecular weight is 381 g/mol. The van der Waals surface area contributed by atoms with Gasteiger partial charge in [0.05, 0.1) is 5.69 Å². The van der Waals surface area contributed by atoms with Gasteiger partial charge in [0.1, 0.15) is 0 Å². The Morgan fingerprint density at radius 3 is 2.64 bits per heavy atom. The number of rotatable bonds is 6. The highest BCUT2D eigenvalue weighted by Crippen LogP contribution is 2.25. The van der Waals surface area contributed by atoms with Gasteiger partial charge in [-0.1, -0.05) is 17.7 Å². The van der Waals surface area contributed by atoms with E-state index in [-0.39, 0.29) is 0 Å². The van der Waals surface area contributed by atoms with Crippen LogP contribution in [0.3, 0.4) is 0 Å². The van der Waals surface area contributed by atoms with Crippen molar-refractivity contribution in [3.8, 4) is 5.69 Å². The fourth-order valence-electron chi connectivity index (χ4n) is 4.60. The zero-order valence-electron chi connectivity index (χ0n) is 17.0. The number of carbonyl (C=O) groups excluding carboxylic acids is 1. The Bertz CT molecular complexity index is 772. The van der Waals surface area contributed by atoms with Crippen LogP contribution < -0.4 is 0 Å². The van der Waals surface area contributed by atoms with E-state index in [4.69, 9.17) is 0 Å². The van der Waals surface area contributed by atoms with E-state index in [2.05, 4.69) is 40.0 Å². The first-order valence-corrected chi connectivity index (χ1v) is 10.8. The van der Waals surface area contributed by atoms with Gasteiger partial charge in [-0.2, -0.15) is 5.10 Å². The van der Waals surface area contributed by atoms with Crippen LogP contribution in [-0.2, 0) is 11.3 Å². The van der Waals surface area contributed by atoms with E-state index in [9.17, 15) is 4.79 Å². The molecule has 2 aliphatic heterocycles. The maximum atomic E-state index is 12.3. The van der Waals surface area contributed by atoms with Crippen LogP contribution in [0.5, 0.6) is 0 Å². The molecule has 2 saturated heterocycles. The summed E-state index contributed by atoms with van der Waals surface area (Å²) in [5, 5.41) is 4.42. The summed E-state index contributed by atoms with van der Waals surface area (Å²) in [6, 6.07) is 8.59. The monoisotopic (exact) mass is 380 g/mol. The maximum absolute atomic E-state index is 12.3. The van der Waals surface area contributed by atoms with Crippen molar-refractivity contribution >= 4 is 5.91 Å². The molecule has 28 heavy (non-hydrogen) atoms. The summed E-state index contributed by atoms with van der Waals surface area (Å²) in [4.78, 5) is 16.9. The largest absolute Gasteiger partial charge is 0.343 e. The van der Waals surface area contributed by atoms with Crippen molar-refractivity contribution in [2.24, 2.45) is 5.92 Å². The van der Waals surface area contributed by atoms with Crippen LogP contribution in [0.1, 0.15) is 49.7 Å². The van der Waals surface area contributed by atoms with Crippen LogP contribution in [0.4, 0.5) is 0 Å². The van der Waals surface area contributed by atoms with Gasteiger partial charge >= 0.3 is 0 Å². The van der Waals surface area contributed by atoms with Gasteiger partial charge in [0.25, 0.3) is 0 Å². The fraction of sp³-hybridized carbons (Fsp3) is 0.565. The first-order chi connectivity index (χ1) is 13.7. The molecule has 5 nitrogen and oxygen atoms in total. The standard InChI is InChI=1S/C23H32N4O/c1-19-5-7-22(27-14-4-11-24-27)21(17-19)18-25-15-9-20(10-16-25)6-8-23(28)26-12-2-3-13-26/h4-5,7,11,14,17,20H,2-3,6,8-10,12-13,15-16,18H2,1H3. The Balaban J connectivity index is 1.29. The second-order valence-corrected chi connectivity index (χ2v) is 8.43. The third-order valence-electron chi connectivity index (χ3n) is 6.31. The second kappa shape index (κ2) is 8.91. The lowest BCUT2D eigenvalue weighted by molar-refractivity contribution is -0.130. The molecule has 0 N–H and O–H groups in total. The average Bonchev–Trinajstić information content (AvgIpc) is 3.41. The topological polar surface area (TPSA) is 41.4 Å². The highest BCUT2D eigenvalue weighted by Gasteiger charge is 2.23. The Kier molecular flexibility index (Phi) is 6.10. The minimum absolute atomic E-state index is 0.378. The predicted octanol–water partition coefficient (Wildman–Crippen LogP) is 3.80. The van der Waals surface area contributed by atoms with Crippen molar-refractivity contribution in [2.45, 2.75) is 52.0 Å². The van der Waals surface area contributed by atoms with Crippen molar-refractivity contribution in [3.05, 3.63) is 47.8 Å². The number of aryl methyl sites for hydroxylation is 1. The SMILES string of the molecule is Cc1ccc(-n2cccn2)c(CN2CCC(CCC(=O)N3CCCC3)CC2)c1. The highest BCUT2D eigenvalue weighted by molar-refractivity contribution is 5.76. The Labute approximate surface area is 168 Å². The lowest BCUT2D eigenvalue weighted by Gasteiger charge is -2.32. The Hall–Kier alpha value is -2.14. The molecule has 1 aromatic carbocycles. The van der Waals surface area contributed by atoms with Gasteiger partial charge in [-0.3, -0.25) is 9.69 Å². The lowest BCUT2D eigenvalue weighted by Crippen LogP contribution is -2.34. The molecule has 2 aliphatic rings. The van der Waals surface area contributed by atoms with E-state index < -0.39 is 0 Å². The van der Waals surface area contributed by atoms with Gasteiger partial charge < -0.3 is 4.90 Å². The molecule has 1 amide bonds. The molecule has 150 valence electrons. The van der Waals surface area contributed by atoms with E-state index in [0.717, 1.165) is 45.6 Å². The minimum Gasteiger partial charge on any atom is -0.343 e. The van der Waals surface area contributed by atoms with E-state index >= 15 is 0 Å². The van der Waals surface area contributed by atoms with Gasteiger partial charge in [-0.05, 0) is 75.7 Å². The van der Waals surface area contributed by atoms with Crippen molar-refractivity contribution in [2.75, 3.05) is 26.2 Å². The van der Waals surface area contributed by atoms with Crippen molar-refractivity contribution in [3.63, 3.8) is 0 Å². The van der Waals surface area contributed by atoms with Crippen molar-refractivity contribution in [1.29, 1.82) is 0 Å². The van der Waals surface area contributed by atoms with E-state index in [1.165, 1.54) is 42.5 Å². The summed E-state index contributed by atoms with van der Waals surface area (Å²) in [6.07, 6.45) is 10.4. The third kappa shape index (κ3) is 4.64. The number of likely N-dealkylation sites (tertiary alicyclic amines) is 2. The van der Waals surface area contributed by atoms with Gasteiger partial charge in [0, 0.05) is 38.4 Å². The van der Waals surface area contributed by atoms with Crippen molar-refractivity contribution in [1.82, 2.24) is 19.6 Å². The molecular weight excluding hydrogens is 348 g/mol. The van der Waals surface area contributed by atoms with Gasteiger partial charge in [0.15, 0.2) is 0 Å². The zero-order chi connectivity index (χ0) is 19.3. The first kappa shape index (κ1) is 19.2. The summed E-state index contributed by atoms with van der Waals surface area (Å²) in [5.74, 6) is 1.08. The van der Waals surface area contributed by atoms with Gasteiger partial charge in [-0.25, -0.2) is 4.68 Å². The quantitative estimate of drug-likeness (QED) is 0.765. The van der Waals surface area contributed by atoms with Gasteiger partial charge in [-0.15, -0.1) is 0 Å². The molecular formula is C23H32N4O. The van der Waals surface area contributed by atoms with Crippen LogP contribution in [0.2, 0.25) is 0 Å². The van der Waals surface area contributed by atoms with Crippen LogP contribution in [0, 0.1) is 12.8 Å². The molecule has 0 atom stereocenters. The Morgan fingerprint density at radius 1 is 1.14 bits per heavy atom. The molecule has 0 bridgehead atoms. The molecule has 0 spiro atoms. The molecule has 2 fully saturated rings. The van der Waals surface area contributed by atoms with Gasteiger partial charge in [0.2, 0.25) is 5.91 Å². The first-order valence-electron chi connectivity index (χ1n) is 10.8. The normalized spacial score (nSPS) is 18.7. The smallest absolute Gasteiger partial charge is 0.222 e.